The second-order valence-electron chi connectivity index (χ2n) is 4.74. The molecular formula is C12H18N4O2. The number of nitrogens with two attached hydrogens (primary N) is 1. The molecule has 1 aliphatic rings. The maximum absolute atomic E-state index is 12.1. The standard InChI is InChI=1S/C12H18N4O2/c1-16-7-9(11(13)17)10(15-16)12(18)14-8-5-3-2-4-6-8/h7-8H,2-6H2,1H3,(H2,13,17)(H,14,18). The molecule has 6 nitrogen and oxygen atoms in total. The average molecular weight is 250 g/mol. The lowest BCUT2D eigenvalue weighted by molar-refractivity contribution is 0.0909. The molecule has 0 saturated heterocycles. The van der Waals surface area contributed by atoms with Crippen LogP contribution in [-0.4, -0.2) is 27.6 Å². The molecule has 1 aromatic heterocycles. The van der Waals surface area contributed by atoms with Gasteiger partial charge < -0.3 is 11.1 Å². The quantitative estimate of drug-likeness (QED) is 0.822. The highest BCUT2D eigenvalue weighted by Gasteiger charge is 2.23. The number of rotatable bonds is 3. The van der Waals surface area contributed by atoms with Gasteiger partial charge in [0.05, 0.1) is 5.56 Å². The van der Waals surface area contributed by atoms with E-state index in [1.807, 2.05) is 0 Å². The number of hydrogen-bond donors (Lipinski definition) is 2. The van der Waals surface area contributed by atoms with Gasteiger partial charge in [-0.05, 0) is 12.8 Å². The number of amides is 2. The van der Waals surface area contributed by atoms with Gasteiger partial charge in [0, 0.05) is 19.3 Å². The van der Waals surface area contributed by atoms with Crippen LogP contribution in [0.25, 0.3) is 0 Å². The number of nitrogens with zero attached hydrogens (tertiary/aromatic N) is 2. The van der Waals surface area contributed by atoms with Crippen molar-refractivity contribution >= 4 is 11.8 Å². The Labute approximate surface area is 106 Å². The molecule has 2 amide bonds. The Morgan fingerprint density at radius 2 is 2.06 bits per heavy atom. The van der Waals surface area contributed by atoms with Gasteiger partial charge in [-0.1, -0.05) is 19.3 Å². The molecule has 0 atom stereocenters. The van der Waals surface area contributed by atoms with E-state index >= 15 is 0 Å². The van der Waals surface area contributed by atoms with Crippen molar-refractivity contribution in [3.63, 3.8) is 0 Å². The first-order valence-corrected chi connectivity index (χ1v) is 6.22. The molecule has 18 heavy (non-hydrogen) atoms. The number of hydrogen-bond acceptors (Lipinski definition) is 3. The van der Waals surface area contributed by atoms with Gasteiger partial charge in [-0.15, -0.1) is 0 Å². The summed E-state index contributed by atoms with van der Waals surface area (Å²) in [5.41, 5.74) is 5.52. The van der Waals surface area contributed by atoms with E-state index in [0.717, 1.165) is 25.7 Å². The predicted molar refractivity (Wildman–Crippen MR) is 66.1 cm³/mol. The van der Waals surface area contributed by atoms with Crippen LogP contribution in [0.4, 0.5) is 0 Å². The Balaban J connectivity index is 2.10. The second-order valence-corrected chi connectivity index (χ2v) is 4.74. The fraction of sp³-hybridized carbons (Fsp3) is 0.583. The van der Waals surface area contributed by atoms with Gasteiger partial charge in [-0.3, -0.25) is 14.3 Å². The number of carbonyl (C=O) groups excluding carboxylic acids is 2. The van der Waals surface area contributed by atoms with E-state index in [1.165, 1.54) is 17.3 Å². The molecule has 1 heterocycles. The van der Waals surface area contributed by atoms with Crippen molar-refractivity contribution in [1.82, 2.24) is 15.1 Å². The zero-order valence-electron chi connectivity index (χ0n) is 10.5. The Kier molecular flexibility index (Phi) is 3.64. The third kappa shape index (κ3) is 2.69. The Morgan fingerprint density at radius 1 is 1.39 bits per heavy atom. The van der Waals surface area contributed by atoms with Crippen LogP contribution in [0.5, 0.6) is 0 Å². The van der Waals surface area contributed by atoms with Crippen LogP contribution >= 0.6 is 0 Å². The maximum atomic E-state index is 12.1. The molecule has 0 radical (unpaired) electrons. The van der Waals surface area contributed by atoms with Crippen molar-refractivity contribution < 1.29 is 9.59 Å². The minimum atomic E-state index is -0.628. The molecule has 3 N–H and O–H groups in total. The first kappa shape index (κ1) is 12.6. The lowest BCUT2D eigenvalue weighted by Crippen LogP contribution is -2.37. The van der Waals surface area contributed by atoms with Crippen LogP contribution in [-0.2, 0) is 7.05 Å². The Hall–Kier alpha value is -1.85. The van der Waals surface area contributed by atoms with Gasteiger partial charge in [0.25, 0.3) is 11.8 Å². The van der Waals surface area contributed by atoms with Crippen molar-refractivity contribution in [3.8, 4) is 0 Å². The molecule has 98 valence electrons. The molecule has 0 bridgehead atoms. The molecule has 6 heteroatoms. The van der Waals surface area contributed by atoms with Crippen LogP contribution in [0.3, 0.4) is 0 Å². The summed E-state index contributed by atoms with van der Waals surface area (Å²) < 4.78 is 1.43. The van der Waals surface area contributed by atoms with Gasteiger partial charge in [-0.25, -0.2) is 0 Å². The summed E-state index contributed by atoms with van der Waals surface area (Å²) in [6, 6.07) is 0.189. The van der Waals surface area contributed by atoms with Crippen LogP contribution in [0.15, 0.2) is 6.20 Å². The highest BCUT2D eigenvalue weighted by atomic mass is 16.2. The number of carbonyl (C=O) groups is 2. The Morgan fingerprint density at radius 3 is 2.67 bits per heavy atom. The molecule has 1 aliphatic carbocycles. The third-order valence-corrected chi connectivity index (χ3v) is 3.25. The van der Waals surface area contributed by atoms with Crippen molar-refractivity contribution in [2.45, 2.75) is 38.1 Å². The number of aromatic nitrogens is 2. The van der Waals surface area contributed by atoms with Crippen LogP contribution in [0, 0.1) is 0 Å². The summed E-state index contributed by atoms with van der Waals surface area (Å²) in [6.45, 7) is 0. The summed E-state index contributed by atoms with van der Waals surface area (Å²) in [5, 5.41) is 6.92. The SMILES string of the molecule is Cn1cc(C(N)=O)c(C(=O)NC2CCCCC2)n1. The van der Waals surface area contributed by atoms with Crippen molar-refractivity contribution in [1.29, 1.82) is 0 Å². The lowest BCUT2D eigenvalue weighted by Gasteiger charge is -2.22. The van der Waals surface area contributed by atoms with E-state index < -0.39 is 5.91 Å². The van der Waals surface area contributed by atoms with Gasteiger partial charge in [-0.2, -0.15) is 5.10 Å². The minimum absolute atomic E-state index is 0.121. The lowest BCUT2D eigenvalue weighted by atomic mass is 9.95. The summed E-state index contributed by atoms with van der Waals surface area (Å²) in [5.74, 6) is -0.937. The summed E-state index contributed by atoms with van der Waals surface area (Å²) in [6.07, 6.45) is 6.95. The monoisotopic (exact) mass is 250 g/mol. The molecule has 1 saturated carbocycles. The zero-order valence-corrected chi connectivity index (χ0v) is 10.5. The highest BCUT2D eigenvalue weighted by Crippen LogP contribution is 2.18. The minimum Gasteiger partial charge on any atom is -0.365 e. The van der Waals surface area contributed by atoms with Gasteiger partial charge >= 0.3 is 0 Å². The number of aryl methyl sites for hydroxylation is 1. The third-order valence-electron chi connectivity index (χ3n) is 3.25. The van der Waals surface area contributed by atoms with E-state index in [0.29, 0.717) is 0 Å². The molecule has 1 fully saturated rings. The molecule has 0 spiro atoms. The van der Waals surface area contributed by atoms with E-state index in [4.69, 9.17) is 5.73 Å². The highest BCUT2D eigenvalue weighted by molar-refractivity contribution is 6.05. The normalized spacial score (nSPS) is 16.5. The number of primary amides is 1. The van der Waals surface area contributed by atoms with Gasteiger partial charge in [0.2, 0.25) is 0 Å². The average Bonchev–Trinajstić information content (AvgIpc) is 2.73. The summed E-state index contributed by atoms with van der Waals surface area (Å²) in [4.78, 5) is 23.3. The summed E-state index contributed by atoms with van der Waals surface area (Å²) >= 11 is 0. The molecular weight excluding hydrogens is 232 g/mol. The molecule has 0 aliphatic heterocycles. The molecule has 0 unspecified atom stereocenters. The van der Waals surface area contributed by atoms with Gasteiger partial charge in [0.1, 0.15) is 0 Å². The summed E-state index contributed by atoms with van der Waals surface area (Å²) in [7, 11) is 1.66. The number of nitrogens with one attached hydrogen (secondary N) is 1. The fourth-order valence-corrected chi connectivity index (χ4v) is 2.34. The smallest absolute Gasteiger partial charge is 0.272 e. The van der Waals surface area contributed by atoms with Crippen LogP contribution in [0.2, 0.25) is 0 Å². The molecule has 1 aromatic rings. The predicted octanol–water partition coefficient (Wildman–Crippen LogP) is 0.581. The van der Waals surface area contributed by atoms with Crippen LogP contribution < -0.4 is 11.1 Å². The Bertz CT molecular complexity index is 461. The molecule has 2 rings (SSSR count). The van der Waals surface area contributed by atoms with Crippen molar-refractivity contribution in [3.05, 3.63) is 17.5 Å². The van der Waals surface area contributed by atoms with Crippen molar-refractivity contribution in [2.24, 2.45) is 12.8 Å². The van der Waals surface area contributed by atoms with Crippen LogP contribution in [0.1, 0.15) is 53.0 Å². The topological polar surface area (TPSA) is 90.0 Å². The largest absolute Gasteiger partial charge is 0.365 e. The molecule has 0 aromatic carbocycles. The second kappa shape index (κ2) is 5.20. The van der Waals surface area contributed by atoms with E-state index in [9.17, 15) is 9.59 Å². The van der Waals surface area contributed by atoms with Crippen molar-refractivity contribution in [2.75, 3.05) is 0 Å². The maximum Gasteiger partial charge on any atom is 0.272 e. The first-order chi connectivity index (χ1) is 8.58. The van der Waals surface area contributed by atoms with E-state index in [-0.39, 0.29) is 23.2 Å². The van der Waals surface area contributed by atoms with E-state index in [2.05, 4.69) is 10.4 Å². The first-order valence-electron chi connectivity index (χ1n) is 6.22. The fourth-order valence-electron chi connectivity index (χ4n) is 2.34. The van der Waals surface area contributed by atoms with Gasteiger partial charge in [0.15, 0.2) is 5.69 Å². The zero-order chi connectivity index (χ0) is 13.1. The van der Waals surface area contributed by atoms with E-state index in [1.54, 1.807) is 7.05 Å².